The lowest BCUT2D eigenvalue weighted by molar-refractivity contribution is -0.137. The normalized spacial score (nSPS) is 18.2. The fourth-order valence-electron chi connectivity index (χ4n) is 5.03. The van der Waals surface area contributed by atoms with E-state index in [0.29, 0.717) is 6.42 Å². The van der Waals surface area contributed by atoms with E-state index in [1.165, 1.54) is 12.0 Å². The van der Waals surface area contributed by atoms with Crippen LogP contribution in [0.4, 0.5) is 13.2 Å². The van der Waals surface area contributed by atoms with Crippen LogP contribution < -0.4 is 0 Å². The van der Waals surface area contributed by atoms with Crippen molar-refractivity contribution in [2.45, 2.75) is 76.0 Å². The Balaban J connectivity index is 1.80. The highest BCUT2D eigenvalue weighted by atomic mass is 19.4. The quantitative estimate of drug-likeness (QED) is 0.427. The number of nitrogens with zero attached hydrogens (tertiary/aromatic N) is 2. The average molecular weight is 443 g/mol. The van der Waals surface area contributed by atoms with E-state index >= 15 is 0 Å². The summed E-state index contributed by atoms with van der Waals surface area (Å²) in [5.74, 6) is 0.185. The van der Waals surface area contributed by atoms with Crippen molar-refractivity contribution >= 4 is 0 Å². The second-order valence-electron chi connectivity index (χ2n) is 9.28. The van der Waals surface area contributed by atoms with Crippen LogP contribution in [0.25, 0.3) is 0 Å². The summed E-state index contributed by atoms with van der Waals surface area (Å²) in [6.07, 6.45) is 2.35. The molecule has 2 aromatic carbocycles. The van der Waals surface area contributed by atoms with E-state index < -0.39 is 17.2 Å². The van der Waals surface area contributed by atoms with Crippen molar-refractivity contribution in [2.24, 2.45) is 5.92 Å². The van der Waals surface area contributed by atoms with Gasteiger partial charge >= 0.3 is 6.18 Å². The van der Waals surface area contributed by atoms with Crippen molar-refractivity contribution in [1.29, 1.82) is 5.26 Å². The van der Waals surface area contributed by atoms with Crippen molar-refractivity contribution in [1.82, 2.24) is 4.90 Å². The first kappa shape index (κ1) is 24.3. The van der Waals surface area contributed by atoms with Gasteiger partial charge in [-0.05, 0) is 68.8 Å². The molecule has 2 aromatic rings. The second-order valence-corrected chi connectivity index (χ2v) is 9.28. The van der Waals surface area contributed by atoms with Gasteiger partial charge < -0.3 is 0 Å². The van der Waals surface area contributed by atoms with Crippen LogP contribution in [0.1, 0.15) is 68.6 Å². The van der Waals surface area contributed by atoms with Gasteiger partial charge in [0.1, 0.15) is 0 Å². The summed E-state index contributed by atoms with van der Waals surface area (Å²) in [5, 5.41) is 10.4. The average Bonchev–Trinajstić information content (AvgIpc) is 2.80. The van der Waals surface area contributed by atoms with Gasteiger partial charge in [0.15, 0.2) is 0 Å². The molecule has 5 heteroatoms. The molecule has 1 aliphatic carbocycles. The molecule has 3 rings (SSSR count). The molecule has 2 unspecified atom stereocenters. The highest BCUT2D eigenvalue weighted by molar-refractivity contribution is 5.37. The fourth-order valence-corrected chi connectivity index (χ4v) is 5.03. The molecule has 1 saturated carbocycles. The Labute approximate surface area is 190 Å². The molecule has 0 radical (unpaired) electrons. The van der Waals surface area contributed by atoms with Crippen LogP contribution in [0.5, 0.6) is 0 Å². The zero-order valence-electron chi connectivity index (χ0n) is 19.0. The Morgan fingerprint density at radius 3 is 2.12 bits per heavy atom. The van der Waals surface area contributed by atoms with E-state index in [4.69, 9.17) is 0 Å². The number of nitriles is 1. The maximum Gasteiger partial charge on any atom is 0.416 e. The lowest BCUT2D eigenvalue weighted by Crippen LogP contribution is -2.38. The van der Waals surface area contributed by atoms with Crippen LogP contribution in [-0.4, -0.2) is 18.0 Å². The summed E-state index contributed by atoms with van der Waals surface area (Å²) in [7, 11) is 2.09. The highest BCUT2D eigenvalue weighted by Crippen LogP contribution is 2.45. The Hall–Kier alpha value is -2.32. The lowest BCUT2D eigenvalue weighted by Gasteiger charge is -2.39. The number of hydrogen-bond donors (Lipinski definition) is 0. The molecule has 0 amide bonds. The summed E-state index contributed by atoms with van der Waals surface area (Å²) in [6.45, 7) is 2.99. The Bertz CT molecular complexity index is 880. The van der Waals surface area contributed by atoms with Crippen molar-refractivity contribution in [3.05, 3.63) is 71.3 Å². The number of alkyl halides is 3. The maximum atomic E-state index is 13.1. The first-order valence-electron chi connectivity index (χ1n) is 11.6. The molecule has 0 spiro atoms. The Morgan fingerprint density at radius 1 is 0.969 bits per heavy atom. The van der Waals surface area contributed by atoms with Gasteiger partial charge in [0.25, 0.3) is 0 Å². The van der Waals surface area contributed by atoms with E-state index in [2.05, 4.69) is 37.1 Å². The number of benzene rings is 2. The molecule has 0 heterocycles. The lowest BCUT2D eigenvalue weighted by atomic mass is 9.63. The minimum Gasteiger partial charge on any atom is -0.299 e. The van der Waals surface area contributed by atoms with Crippen molar-refractivity contribution in [2.75, 3.05) is 7.05 Å². The van der Waals surface area contributed by atoms with Crippen LogP contribution >= 0.6 is 0 Å². The van der Waals surface area contributed by atoms with Crippen molar-refractivity contribution < 1.29 is 13.2 Å². The van der Waals surface area contributed by atoms with Crippen LogP contribution in [0.3, 0.4) is 0 Å². The highest BCUT2D eigenvalue weighted by Gasteiger charge is 2.42. The molecule has 1 fully saturated rings. The third-order valence-corrected chi connectivity index (χ3v) is 7.21. The standard InChI is InChI=1S/C27H33F3N2/c1-21(32(2)19-22-9-5-3-6-10-22)17-18-26(20-31,23-11-7-4-8-12-23)24-13-15-25(16-14-24)27(28,29)30/h3,5-6,9-10,13-16,21,23H,4,7-8,11-12,17-19H2,1-2H3. The molecule has 0 aliphatic heterocycles. The molecule has 2 nitrogen and oxygen atoms in total. The molecule has 0 bridgehead atoms. The Morgan fingerprint density at radius 2 is 1.56 bits per heavy atom. The van der Waals surface area contributed by atoms with E-state index in [9.17, 15) is 18.4 Å². The van der Waals surface area contributed by atoms with Crippen molar-refractivity contribution in [3.8, 4) is 6.07 Å². The van der Waals surface area contributed by atoms with E-state index in [-0.39, 0.29) is 12.0 Å². The number of hydrogen-bond acceptors (Lipinski definition) is 2. The zero-order chi connectivity index (χ0) is 23.2. The summed E-state index contributed by atoms with van der Waals surface area (Å²) in [5.41, 5.74) is 0.570. The maximum absolute atomic E-state index is 13.1. The molecule has 0 N–H and O–H groups in total. The van der Waals surface area contributed by atoms with Crippen LogP contribution in [0.2, 0.25) is 0 Å². The topological polar surface area (TPSA) is 27.0 Å². The molecular weight excluding hydrogens is 409 g/mol. The summed E-state index contributed by atoms with van der Waals surface area (Å²) in [6, 6.07) is 18.5. The first-order chi connectivity index (χ1) is 15.3. The van der Waals surface area contributed by atoms with E-state index in [1.54, 1.807) is 12.1 Å². The number of rotatable bonds is 8. The molecular formula is C27H33F3N2. The van der Waals surface area contributed by atoms with Crippen molar-refractivity contribution in [3.63, 3.8) is 0 Å². The molecule has 32 heavy (non-hydrogen) atoms. The van der Waals surface area contributed by atoms with Gasteiger partial charge in [0, 0.05) is 12.6 Å². The molecule has 2 atom stereocenters. The van der Waals surface area contributed by atoms with Crippen LogP contribution in [-0.2, 0) is 18.1 Å². The van der Waals surface area contributed by atoms with Gasteiger partial charge in [-0.3, -0.25) is 4.90 Å². The number of halogens is 3. The predicted molar refractivity (Wildman–Crippen MR) is 122 cm³/mol. The monoisotopic (exact) mass is 442 g/mol. The smallest absolute Gasteiger partial charge is 0.299 e. The van der Waals surface area contributed by atoms with Crippen LogP contribution in [0.15, 0.2) is 54.6 Å². The van der Waals surface area contributed by atoms with Gasteiger partial charge in [0.2, 0.25) is 0 Å². The summed E-state index contributed by atoms with van der Waals surface area (Å²) >= 11 is 0. The predicted octanol–water partition coefficient (Wildman–Crippen LogP) is 7.35. The van der Waals surface area contributed by atoms with E-state index in [1.807, 2.05) is 18.2 Å². The largest absolute Gasteiger partial charge is 0.416 e. The summed E-state index contributed by atoms with van der Waals surface area (Å²) < 4.78 is 39.3. The molecule has 0 saturated heterocycles. The molecule has 172 valence electrons. The van der Waals surface area contributed by atoms with Gasteiger partial charge in [-0.1, -0.05) is 61.7 Å². The zero-order valence-corrected chi connectivity index (χ0v) is 19.0. The van der Waals surface area contributed by atoms with Gasteiger partial charge in [-0.15, -0.1) is 0 Å². The Kier molecular flexibility index (Phi) is 8.00. The van der Waals surface area contributed by atoms with Crippen LogP contribution in [0, 0.1) is 17.2 Å². The fraction of sp³-hybridized carbons (Fsp3) is 0.519. The minimum atomic E-state index is -4.37. The van der Waals surface area contributed by atoms with Gasteiger partial charge in [0.05, 0.1) is 17.0 Å². The SMILES string of the molecule is CC(CCC(C#N)(c1ccc(C(F)(F)F)cc1)C1CCCCC1)N(C)Cc1ccccc1. The van der Waals surface area contributed by atoms with Gasteiger partial charge in [-0.25, -0.2) is 0 Å². The molecule has 0 aromatic heterocycles. The third-order valence-electron chi connectivity index (χ3n) is 7.21. The summed E-state index contributed by atoms with van der Waals surface area (Å²) in [4.78, 5) is 2.28. The third kappa shape index (κ3) is 5.72. The molecule has 1 aliphatic rings. The van der Waals surface area contributed by atoms with E-state index in [0.717, 1.165) is 56.3 Å². The van der Waals surface area contributed by atoms with Gasteiger partial charge in [-0.2, -0.15) is 18.4 Å². The second kappa shape index (κ2) is 10.5. The first-order valence-corrected chi connectivity index (χ1v) is 11.6. The minimum absolute atomic E-state index is 0.185.